The Hall–Kier alpha value is -3.46. The normalized spacial score (nSPS) is 10.9. The van der Waals surface area contributed by atoms with Gasteiger partial charge in [-0.05, 0) is 54.1 Å². The Morgan fingerprint density at radius 2 is 1.24 bits per heavy atom. The molecular formula is C26H19ClF2O5. The third-order valence-electron chi connectivity index (χ3n) is 4.76. The number of allylic oxidation sites excluding steroid dienone is 1. The van der Waals surface area contributed by atoms with Crippen LogP contribution in [0, 0.1) is 21.9 Å². The highest BCUT2D eigenvalue weighted by molar-refractivity contribution is 5.79. The number of benzene rings is 3. The molecule has 0 fully saturated rings. The molecule has 0 spiro atoms. The van der Waals surface area contributed by atoms with Crippen LogP contribution in [0.5, 0.6) is 0 Å². The molecule has 0 radical (unpaired) electrons. The lowest BCUT2D eigenvalue weighted by Gasteiger charge is -2.17. The van der Waals surface area contributed by atoms with E-state index in [-0.39, 0.29) is 11.6 Å². The van der Waals surface area contributed by atoms with Crippen LogP contribution in [0.2, 0.25) is 0 Å². The van der Waals surface area contributed by atoms with Crippen LogP contribution in [0.4, 0.5) is 8.78 Å². The van der Waals surface area contributed by atoms with Crippen LogP contribution in [0.25, 0.3) is 33.8 Å². The zero-order chi connectivity index (χ0) is 24.7. The minimum absolute atomic E-state index is 0.306. The number of hydrogen-bond donors (Lipinski definition) is 0. The second kappa shape index (κ2) is 11.1. The standard InChI is InChI=1S/C26H19F2O.ClHO4/c1-2-6-23-24(18-7-4-3-5-8-18)17-25(19-9-13-21(27)14-10-19)29-26(23)20-11-15-22(28)16-12-20;2-1(3,4)5/h2-5,7-17H,1,6H2;(H,2,3,4,5)/q+1;/p-1. The molecule has 174 valence electrons. The van der Waals surface area contributed by atoms with Gasteiger partial charge in [0.2, 0.25) is 0 Å². The second-order valence-corrected chi connectivity index (χ2v) is 7.84. The molecule has 1 aromatic heterocycles. The summed E-state index contributed by atoms with van der Waals surface area (Å²) in [5.74, 6) is 0.637. The van der Waals surface area contributed by atoms with E-state index in [1.165, 1.54) is 24.3 Å². The van der Waals surface area contributed by atoms with Crippen molar-refractivity contribution in [2.24, 2.45) is 0 Å². The van der Waals surface area contributed by atoms with Crippen molar-refractivity contribution in [3.63, 3.8) is 0 Å². The van der Waals surface area contributed by atoms with E-state index < -0.39 is 10.2 Å². The highest BCUT2D eigenvalue weighted by atomic mass is 35.7. The fourth-order valence-corrected chi connectivity index (χ4v) is 3.35. The van der Waals surface area contributed by atoms with Crippen molar-refractivity contribution < 1.29 is 42.1 Å². The van der Waals surface area contributed by atoms with Crippen LogP contribution in [0.15, 0.2) is 102 Å². The molecule has 0 amide bonds. The summed E-state index contributed by atoms with van der Waals surface area (Å²) in [5.41, 5.74) is 4.52. The Bertz CT molecular complexity index is 1230. The van der Waals surface area contributed by atoms with E-state index >= 15 is 0 Å². The molecule has 0 saturated heterocycles. The van der Waals surface area contributed by atoms with E-state index in [2.05, 4.69) is 6.58 Å². The minimum atomic E-state index is -4.94. The average molecular weight is 485 g/mol. The number of halogens is 3. The maximum atomic E-state index is 13.5. The van der Waals surface area contributed by atoms with Gasteiger partial charge in [-0.15, -0.1) is 16.8 Å². The van der Waals surface area contributed by atoms with Gasteiger partial charge >= 0.3 is 11.5 Å². The van der Waals surface area contributed by atoms with Crippen molar-refractivity contribution in [2.75, 3.05) is 0 Å². The molecule has 0 aliphatic carbocycles. The van der Waals surface area contributed by atoms with Crippen LogP contribution in [0.1, 0.15) is 5.56 Å². The molecule has 1 heterocycles. The molecule has 34 heavy (non-hydrogen) atoms. The molecule has 0 N–H and O–H groups in total. The lowest BCUT2D eigenvalue weighted by molar-refractivity contribution is -2.00. The topological polar surface area (TPSA) is 104 Å². The summed E-state index contributed by atoms with van der Waals surface area (Å²) < 4.78 is 67.2. The first-order valence-corrected chi connectivity index (χ1v) is 11.2. The number of hydrogen-bond acceptors (Lipinski definition) is 4. The van der Waals surface area contributed by atoms with E-state index in [1.807, 2.05) is 42.5 Å². The zero-order valence-corrected chi connectivity index (χ0v) is 18.5. The van der Waals surface area contributed by atoms with Crippen molar-refractivity contribution in [1.82, 2.24) is 0 Å². The first-order chi connectivity index (χ1) is 16.2. The van der Waals surface area contributed by atoms with Crippen molar-refractivity contribution in [1.29, 1.82) is 0 Å². The summed E-state index contributed by atoms with van der Waals surface area (Å²) in [6.45, 7) is 3.89. The average Bonchev–Trinajstić information content (AvgIpc) is 2.80. The molecule has 0 bridgehead atoms. The summed E-state index contributed by atoms with van der Waals surface area (Å²) in [4.78, 5) is 0. The summed E-state index contributed by atoms with van der Waals surface area (Å²) in [7, 11) is -4.94. The van der Waals surface area contributed by atoms with E-state index in [9.17, 15) is 8.78 Å². The monoisotopic (exact) mass is 484 g/mol. The SMILES string of the molecule is C=CCc1c(-c2ccccc2)cc(-c2ccc(F)cc2)[o+]c1-c1ccc(F)cc1.[O-][Cl+3]([O-])([O-])[O-]. The maximum Gasteiger partial charge on any atom is 0.364 e. The highest BCUT2D eigenvalue weighted by Crippen LogP contribution is 2.38. The van der Waals surface area contributed by atoms with Crippen LogP contribution in [-0.4, -0.2) is 0 Å². The molecule has 4 rings (SSSR count). The fraction of sp³-hybridized carbons (Fsp3) is 0.0385. The molecule has 3 aromatic carbocycles. The maximum absolute atomic E-state index is 13.5. The van der Waals surface area contributed by atoms with Gasteiger partial charge < -0.3 is 0 Å². The van der Waals surface area contributed by atoms with Crippen LogP contribution in [0.3, 0.4) is 0 Å². The van der Waals surface area contributed by atoms with E-state index in [0.717, 1.165) is 27.8 Å². The molecule has 0 aliphatic rings. The van der Waals surface area contributed by atoms with E-state index in [4.69, 9.17) is 23.1 Å². The van der Waals surface area contributed by atoms with Gasteiger partial charge in [0.25, 0.3) is 0 Å². The largest absolute Gasteiger partial charge is 0.364 e. The minimum Gasteiger partial charge on any atom is -0.222 e. The summed E-state index contributed by atoms with van der Waals surface area (Å²) >= 11 is 0. The predicted molar refractivity (Wildman–Crippen MR) is 113 cm³/mol. The van der Waals surface area contributed by atoms with Gasteiger partial charge in [0, 0.05) is 12.0 Å². The smallest absolute Gasteiger partial charge is 0.222 e. The molecule has 0 aliphatic heterocycles. The van der Waals surface area contributed by atoms with E-state index in [0.29, 0.717) is 17.9 Å². The van der Waals surface area contributed by atoms with Gasteiger partial charge in [-0.3, -0.25) is 0 Å². The van der Waals surface area contributed by atoms with E-state index in [1.54, 1.807) is 24.3 Å². The highest BCUT2D eigenvalue weighted by Gasteiger charge is 2.26. The Kier molecular flexibility index (Phi) is 8.22. The Labute approximate surface area is 197 Å². The third kappa shape index (κ3) is 7.02. The van der Waals surface area contributed by atoms with Gasteiger partial charge in [0.1, 0.15) is 11.6 Å². The van der Waals surface area contributed by atoms with Gasteiger partial charge in [0.15, 0.2) is 0 Å². The lowest BCUT2D eigenvalue weighted by atomic mass is 9.93. The molecule has 0 unspecified atom stereocenters. The number of rotatable bonds is 5. The fourth-order valence-electron chi connectivity index (χ4n) is 3.35. The molecule has 5 nitrogen and oxygen atoms in total. The second-order valence-electron chi connectivity index (χ2n) is 7.08. The third-order valence-corrected chi connectivity index (χ3v) is 4.76. The summed E-state index contributed by atoms with van der Waals surface area (Å²) in [5, 5.41) is 0. The van der Waals surface area contributed by atoms with Crippen molar-refractivity contribution in [2.45, 2.75) is 6.42 Å². The zero-order valence-electron chi connectivity index (χ0n) is 17.7. The van der Waals surface area contributed by atoms with Crippen molar-refractivity contribution in [3.8, 4) is 33.8 Å². The molecule has 8 heteroatoms. The van der Waals surface area contributed by atoms with Gasteiger partial charge in [-0.25, -0.2) is 31.8 Å². The predicted octanol–water partition coefficient (Wildman–Crippen LogP) is 2.81. The quantitative estimate of drug-likeness (QED) is 0.320. The molecular weight excluding hydrogens is 466 g/mol. The summed E-state index contributed by atoms with van der Waals surface area (Å²) in [6, 6.07) is 24.4. The Morgan fingerprint density at radius 1 is 0.735 bits per heavy atom. The van der Waals surface area contributed by atoms with Crippen LogP contribution >= 0.6 is 0 Å². The Balaban J connectivity index is 0.000000588. The van der Waals surface area contributed by atoms with Gasteiger partial charge in [-0.2, -0.15) is 0 Å². The first-order valence-electron chi connectivity index (χ1n) is 9.95. The molecule has 0 saturated carbocycles. The van der Waals surface area contributed by atoms with Gasteiger partial charge in [0.05, 0.1) is 22.8 Å². The van der Waals surface area contributed by atoms with Crippen LogP contribution in [-0.2, 0) is 6.42 Å². The van der Waals surface area contributed by atoms with Crippen molar-refractivity contribution >= 4 is 0 Å². The lowest BCUT2D eigenvalue weighted by Crippen LogP contribution is -2.68. The van der Waals surface area contributed by atoms with Crippen molar-refractivity contribution in [3.05, 3.63) is 115 Å². The molecule has 0 atom stereocenters. The first kappa shape index (κ1) is 25.2. The summed E-state index contributed by atoms with van der Waals surface area (Å²) in [6.07, 6.45) is 2.41. The Morgan fingerprint density at radius 3 is 1.74 bits per heavy atom. The molecule has 4 aromatic rings. The van der Waals surface area contributed by atoms with Crippen LogP contribution < -0.4 is 18.6 Å². The van der Waals surface area contributed by atoms with Gasteiger partial charge in [-0.1, -0.05) is 36.4 Å².